The monoisotopic (exact) mass is 316 g/mol. The molecule has 1 aromatic rings. The number of rotatable bonds is 3. The van der Waals surface area contributed by atoms with Gasteiger partial charge in [0.25, 0.3) is 0 Å². The quantitative estimate of drug-likeness (QED) is 0.665. The summed E-state index contributed by atoms with van der Waals surface area (Å²) in [5.41, 5.74) is 4.31. The molecule has 0 spiro atoms. The maximum atomic E-state index is 6.22. The molecule has 0 bridgehead atoms. The zero-order chi connectivity index (χ0) is 17.3. The van der Waals surface area contributed by atoms with Gasteiger partial charge in [-0.15, -0.1) is 0 Å². The van der Waals surface area contributed by atoms with E-state index in [0.29, 0.717) is 0 Å². The van der Waals surface area contributed by atoms with E-state index in [9.17, 15) is 0 Å². The molecule has 0 aromatic heterocycles. The fourth-order valence-electron chi connectivity index (χ4n) is 2.49. The second-order valence-corrected chi connectivity index (χ2v) is 9.86. The molecule has 0 aliphatic carbocycles. The van der Waals surface area contributed by atoms with Crippen molar-refractivity contribution in [2.45, 2.75) is 83.8 Å². The van der Waals surface area contributed by atoms with Crippen LogP contribution in [0, 0.1) is 0 Å². The SMILES string of the molecule is CC(C)(C)c1cc(C(C)(C)C)c(OC[CH2][Al])c(C(C)(C)C)c1. The van der Waals surface area contributed by atoms with Crippen LogP contribution in [0.4, 0.5) is 0 Å². The van der Waals surface area contributed by atoms with E-state index in [4.69, 9.17) is 4.74 Å². The van der Waals surface area contributed by atoms with Crippen LogP contribution >= 0.6 is 0 Å². The first-order valence-corrected chi connectivity index (χ1v) is 9.12. The van der Waals surface area contributed by atoms with Crippen LogP contribution in [-0.4, -0.2) is 22.9 Å². The van der Waals surface area contributed by atoms with E-state index in [1.165, 1.54) is 16.7 Å². The van der Waals surface area contributed by atoms with Gasteiger partial charge in [0, 0.05) is 11.1 Å². The molecule has 1 nitrogen and oxygen atoms in total. The Morgan fingerprint density at radius 3 is 1.45 bits per heavy atom. The molecule has 122 valence electrons. The first-order valence-electron chi connectivity index (χ1n) is 8.31. The fourth-order valence-corrected chi connectivity index (χ4v) is 2.61. The maximum absolute atomic E-state index is 6.22. The van der Waals surface area contributed by atoms with Crippen molar-refractivity contribution >= 4 is 16.3 Å². The van der Waals surface area contributed by atoms with Gasteiger partial charge in [-0.2, -0.15) is 0 Å². The molecule has 0 amide bonds. The molecule has 0 atom stereocenters. The fraction of sp³-hybridized carbons (Fsp3) is 0.700. The van der Waals surface area contributed by atoms with Crippen molar-refractivity contribution < 1.29 is 4.74 Å². The Hall–Kier alpha value is -0.448. The second kappa shape index (κ2) is 6.58. The molecule has 0 saturated heterocycles. The molecular weight excluding hydrogens is 283 g/mol. The van der Waals surface area contributed by atoms with Crippen LogP contribution in [0.3, 0.4) is 0 Å². The lowest BCUT2D eigenvalue weighted by Gasteiger charge is -2.33. The highest BCUT2D eigenvalue weighted by Crippen LogP contribution is 2.42. The molecule has 1 rings (SSSR count). The molecule has 0 N–H and O–H groups in total. The predicted octanol–water partition coefficient (Wildman–Crippen LogP) is 5.54. The average molecular weight is 316 g/mol. The lowest BCUT2D eigenvalue weighted by Crippen LogP contribution is -2.23. The summed E-state index contributed by atoms with van der Waals surface area (Å²) >= 11 is 2.75. The summed E-state index contributed by atoms with van der Waals surface area (Å²) < 4.78 is 6.22. The van der Waals surface area contributed by atoms with E-state index in [1.54, 1.807) is 0 Å². The highest BCUT2D eigenvalue weighted by molar-refractivity contribution is 6.08. The Morgan fingerprint density at radius 2 is 1.18 bits per heavy atom. The van der Waals surface area contributed by atoms with Crippen molar-refractivity contribution in [1.82, 2.24) is 0 Å². The van der Waals surface area contributed by atoms with Crippen molar-refractivity contribution in [1.29, 1.82) is 0 Å². The average Bonchev–Trinajstić information content (AvgIpc) is 2.31. The summed E-state index contributed by atoms with van der Waals surface area (Å²) in [7, 11) is 0. The van der Waals surface area contributed by atoms with Gasteiger partial charge in [0.15, 0.2) is 0 Å². The summed E-state index contributed by atoms with van der Waals surface area (Å²) in [6.07, 6.45) is 0. The summed E-state index contributed by atoms with van der Waals surface area (Å²) in [5.74, 6) is 1.09. The summed E-state index contributed by atoms with van der Waals surface area (Å²) in [5, 5.41) is 0.953. The topological polar surface area (TPSA) is 9.23 Å². The van der Waals surface area contributed by atoms with E-state index in [1.807, 2.05) is 0 Å². The molecule has 0 heterocycles. The zero-order valence-corrected chi connectivity index (χ0v) is 17.2. The summed E-state index contributed by atoms with van der Waals surface area (Å²) in [4.78, 5) is 0. The standard InChI is InChI=1S/C20H33O.Al/c1-11-21-17-15(19(5,6)7)12-14(18(2,3)4)13-16(17)20(8,9)10;/h12-13H,1,11H2,2-10H3;. The third-order valence-corrected chi connectivity index (χ3v) is 4.17. The zero-order valence-electron chi connectivity index (χ0n) is 16.1. The van der Waals surface area contributed by atoms with Gasteiger partial charge in [-0.3, -0.25) is 0 Å². The molecule has 2 radical (unpaired) electrons. The van der Waals surface area contributed by atoms with Crippen LogP contribution in [0.5, 0.6) is 5.75 Å². The molecule has 1 aromatic carbocycles. The molecule has 2 heteroatoms. The first kappa shape index (κ1) is 19.6. The van der Waals surface area contributed by atoms with Crippen molar-refractivity contribution in [3.05, 3.63) is 28.8 Å². The van der Waals surface area contributed by atoms with Crippen LogP contribution in [0.25, 0.3) is 0 Å². The Morgan fingerprint density at radius 1 is 0.773 bits per heavy atom. The molecule has 22 heavy (non-hydrogen) atoms. The van der Waals surface area contributed by atoms with Crippen molar-refractivity contribution in [2.75, 3.05) is 6.61 Å². The van der Waals surface area contributed by atoms with Crippen LogP contribution < -0.4 is 4.74 Å². The number of hydrogen-bond donors (Lipinski definition) is 0. The van der Waals surface area contributed by atoms with Gasteiger partial charge in [0.05, 0.1) is 6.61 Å². The Bertz CT molecular complexity index is 475. The van der Waals surface area contributed by atoms with Gasteiger partial charge in [-0.05, 0) is 21.8 Å². The van der Waals surface area contributed by atoms with Gasteiger partial charge in [-0.25, -0.2) is 0 Å². The van der Waals surface area contributed by atoms with E-state index in [2.05, 4.69) is 90.7 Å². The van der Waals surface area contributed by atoms with Gasteiger partial charge >= 0.3 is 0 Å². The smallest absolute Gasteiger partial charge is 0.126 e. The molecule has 0 unspecified atom stereocenters. The Kier molecular flexibility index (Phi) is 5.86. The van der Waals surface area contributed by atoms with Crippen LogP contribution in [0.15, 0.2) is 12.1 Å². The highest BCUT2D eigenvalue weighted by atomic mass is 27.0. The van der Waals surface area contributed by atoms with Gasteiger partial charge < -0.3 is 4.74 Å². The summed E-state index contributed by atoms with van der Waals surface area (Å²) in [6.45, 7) is 21.2. The number of benzene rings is 1. The predicted molar refractivity (Wildman–Crippen MR) is 98.6 cm³/mol. The second-order valence-electron chi connectivity index (χ2n) is 9.29. The molecule has 0 aliphatic heterocycles. The molecule has 0 saturated carbocycles. The summed E-state index contributed by atoms with van der Waals surface area (Å²) in [6, 6.07) is 4.71. The minimum absolute atomic E-state index is 0.0669. The van der Waals surface area contributed by atoms with Gasteiger partial charge in [-0.1, -0.05) is 79.7 Å². The minimum Gasteiger partial charge on any atom is -0.494 e. The van der Waals surface area contributed by atoms with E-state index < -0.39 is 0 Å². The largest absolute Gasteiger partial charge is 0.494 e. The minimum atomic E-state index is 0.0669. The van der Waals surface area contributed by atoms with Crippen molar-refractivity contribution in [3.8, 4) is 5.75 Å². The highest BCUT2D eigenvalue weighted by Gasteiger charge is 2.29. The van der Waals surface area contributed by atoms with E-state index >= 15 is 0 Å². The van der Waals surface area contributed by atoms with Crippen molar-refractivity contribution in [3.63, 3.8) is 0 Å². The normalized spacial score (nSPS) is 13.3. The lowest BCUT2D eigenvalue weighted by molar-refractivity contribution is 0.319. The van der Waals surface area contributed by atoms with Gasteiger partial charge in [0.1, 0.15) is 22.0 Å². The number of hydrogen-bond acceptors (Lipinski definition) is 1. The molecule has 0 aliphatic rings. The molecular formula is C20H33AlO. The van der Waals surface area contributed by atoms with Crippen molar-refractivity contribution in [2.24, 2.45) is 0 Å². The Balaban J connectivity index is 3.70. The van der Waals surface area contributed by atoms with E-state index in [-0.39, 0.29) is 16.2 Å². The lowest BCUT2D eigenvalue weighted by atomic mass is 9.75. The van der Waals surface area contributed by atoms with Crippen LogP contribution in [0.2, 0.25) is 5.28 Å². The maximum Gasteiger partial charge on any atom is 0.126 e. The third-order valence-electron chi connectivity index (χ3n) is 3.94. The first-order chi connectivity index (χ1) is 9.78. The molecule has 0 fully saturated rings. The van der Waals surface area contributed by atoms with Crippen LogP contribution in [0.1, 0.15) is 79.0 Å². The van der Waals surface area contributed by atoms with E-state index in [0.717, 1.165) is 17.6 Å². The Labute approximate surface area is 146 Å². The third kappa shape index (κ3) is 4.77. The van der Waals surface area contributed by atoms with Gasteiger partial charge in [0.2, 0.25) is 0 Å². The van der Waals surface area contributed by atoms with Crippen LogP contribution in [-0.2, 0) is 16.2 Å². The number of ether oxygens (including phenoxy) is 1.